The molecule has 1 heterocycles. The number of aryl methyl sites for hydroxylation is 3. The Morgan fingerprint density at radius 3 is 2.15 bits per heavy atom. The van der Waals surface area contributed by atoms with E-state index in [1.807, 2.05) is 40.7 Å². The summed E-state index contributed by atoms with van der Waals surface area (Å²) < 4.78 is 27.2. The molecule has 0 aliphatic heterocycles. The van der Waals surface area contributed by atoms with Crippen molar-refractivity contribution in [2.45, 2.75) is 45.9 Å². The Hall–Kier alpha value is -1.62. The molecular weight excluding hydrogens is 272 g/mol. The van der Waals surface area contributed by atoms with Gasteiger partial charge in [0, 0.05) is 18.8 Å². The molecule has 0 aliphatic rings. The van der Waals surface area contributed by atoms with E-state index in [1.165, 1.54) is 16.4 Å². The van der Waals surface area contributed by atoms with Gasteiger partial charge < -0.3 is 0 Å². The standard InChI is InChI=1S/C15H20N2O2S/c1-6-14-16-7-8-17(14)20(18,19)15-12(4)10(2)9-11(3)13(15)5/h7-9H,6H2,1-5H3. The van der Waals surface area contributed by atoms with Gasteiger partial charge in [0.25, 0.3) is 10.0 Å². The van der Waals surface area contributed by atoms with Crippen LogP contribution in [0.2, 0.25) is 0 Å². The molecule has 0 fully saturated rings. The largest absolute Gasteiger partial charge is 0.269 e. The van der Waals surface area contributed by atoms with Crippen LogP contribution in [0.5, 0.6) is 0 Å². The van der Waals surface area contributed by atoms with Gasteiger partial charge in [0.15, 0.2) is 0 Å². The summed E-state index contributed by atoms with van der Waals surface area (Å²) in [6.07, 6.45) is 3.63. The lowest BCUT2D eigenvalue weighted by Crippen LogP contribution is -2.18. The Morgan fingerprint density at radius 1 is 1.10 bits per heavy atom. The predicted octanol–water partition coefficient (Wildman–Crippen LogP) is 2.92. The van der Waals surface area contributed by atoms with Gasteiger partial charge in [-0.2, -0.15) is 0 Å². The van der Waals surface area contributed by atoms with E-state index in [1.54, 1.807) is 0 Å². The monoisotopic (exact) mass is 292 g/mol. The van der Waals surface area contributed by atoms with Crippen LogP contribution in [-0.4, -0.2) is 17.4 Å². The average molecular weight is 292 g/mol. The summed E-state index contributed by atoms with van der Waals surface area (Å²) in [4.78, 5) is 4.52. The first kappa shape index (κ1) is 14.8. The zero-order valence-corrected chi connectivity index (χ0v) is 13.4. The number of aromatic nitrogens is 2. The van der Waals surface area contributed by atoms with Crippen molar-refractivity contribution in [1.82, 2.24) is 8.96 Å². The molecule has 108 valence electrons. The second-order valence-corrected chi connectivity index (χ2v) is 6.84. The lowest BCUT2D eigenvalue weighted by atomic mass is 10.0. The van der Waals surface area contributed by atoms with Crippen molar-refractivity contribution in [2.24, 2.45) is 0 Å². The quantitative estimate of drug-likeness (QED) is 0.874. The topological polar surface area (TPSA) is 52.0 Å². The van der Waals surface area contributed by atoms with Gasteiger partial charge in [0.2, 0.25) is 0 Å². The Bertz CT molecular complexity index is 732. The first-order valence-electron chi connectivity index (χ1n) is 6.65. The molecule has 2 rings (SSSR count). The van der Waals surface area contributed by atoms with Crippen LogP contribution in [0.1, 0.15) is 35.0 Å². The summed E-state index contributed by atoms with van der Waals surface area (Å²) in [5, 5.41) is 0. The third-order valence-electron chi connectivity index (χ3n) is 3.81. The van der Waals surface area contributed by atoms with Gasteiger partial charge in [0.05, 0.1) is 4.90 Å². The molecule has 2 aromatic rings. The smallest absolute Gasteiger partial charge is 0.241 e. The third-order valence-corrected chi connectivity index (χ3v) is 5.79. The summed E-state index contributed by atoms with van der Waals surface area (Å²) in [7, 11) is -3.59. The third kappa shape index (κ3) is 2.16. The van der Waals surface area contributed by atoms with E-state index in [0.29, 0.717) is 17.1 Å². The Kier molecular flexibility index (Phi) is 3.73. The number of hydrogen-bond donors (Lipinski definition) is 0. The molecular formula is C15H20N2O2S. The minimum absolute atomic E-state index is 0.405. The molecule has 4 nitrogen and oxygen atoms in total. The molecule has 0 radical (unpaired) electrons. The maximum atomic E-state index is 12.9. The molecule has 0 saturated carbocycles. The fraction of sp³-hybridized carbons (Fsp3) is 0.400. The van der Waals surface area contributed by atoms with E-state index in [-0.39, 0.29) is 0 Å². The highest BCUT2D eigenvalue weighted by Gasteiger charge is 2.25. The molecule has 0 saturated heterocycles. The van der Waals surface area contributed by atoms with Crippen LogP contribution in [-0.2, 0) is 16.4 Å². The lowest BCUT2D eigenvalue weighted by molar-refractivity contribution is 0.583. The number of hydrogen-bond acceptors (Lipinski definition) is 3. The molecule has 1 aromatic heterocycles. The van der Waals surface area contributed by atoms with Crippen molar-refractivity contribution in [3.63, 3.8) is 0 Å². The van der Waals surface area contributed by atoms with E-state index < -0.39 is 10.0 Å². The summed E-state index contributed by atoms with van der Waals surface area (Å²) in [6.45, 7) is 9.49. The van der Waals surface area contributed by atoms with Gasteiger partial charge in [-0.25, -0.2) is 17.4 Å². The normalized spacial score (nSPS) is 11.8. The first-order chi connectivity index (χ1) is 9.30. The van der Waals surface area contributed by atoms with Crippen molar-refractivity contribution in [1.29, 1.82) is 0 Å². The summed E-state index contributed by atoms with van der Waals surface area (Å²) in [5.74, 6) is 0.558. The maximum absolute atomic E-state index is 12.9. The van der Waals surface area contributed by atoms with Crippen LogP contribution in [0.15, 0.2) is 23.4 Å². The first-order valence-corrected chi connectivity index (χ1v) is 8.10. The molecule has 5 heteroatoms. The molecule has 0 atom stereocenters. The molecule has 0 spiro atoms. The molecule has 0 bridgehead atoms. The summed E-state index contributed by atoms with van der Waals surface area (Å²) >= 11 is 0. The molecule has 0 N–H and O–H groups in total. The van der Waals surface area contributed by atoms with E-state index >= 15 is 0 Å². The maximum Gasteiger partial charge on any atom is 0.269 e. The fourth-order valence-electron chi connectivity index (χ4n) is 2.45. The van der Waals surface area contributed by atoms with Gasteiger partial charge in [-0.05, 0) is 49.9 Å². The number of benzene rings is 1. The van der Waals surface area contributed by atoms with E-state index in [9.17, 15) is 8.42 Å². The second-order valence-electron chi connectivity index (χ2n) is 5.09. The van der Waals surface area contributed by atoms with Crippen LogP contribution >= 0.6 is 0 Å². The highest BCUT2D eigenvalue weighted by molar-refractivity contribution is 7.90. The number of nitrogens with zero attached hydrogens (tertiary/aromatic N) is 2. The van der Waals surface area contributed by atoms with E-state index in [4.69, 9.17) is 0 Å². The molecule has 20 heavy (non-hydrogen) atoms. The van der Waals surface area contributed by atoms with E-state index in [0.717, 1.165) is 22.3 Å². The SMILES string of the molecule is CCc1nccn1S(=O)(=O)c1c(C)c(C)cc(C)c1C. The van der Waals surface area contributed by atoms with Crippen LogP contribution in [0, 0.1) is 27.7 Å². The highest BCUT2D eigenvalue weighted by Crippen LogP contribution is 2.28. The molecule has 0 unspecified atom stereocenters. The Balaban J connectivity index is 2.80. The van der Waals surface area contributed by atoms with Gasteiger partial charge >= 0.3 is 0 Å². The second kappa shape index (κ2) is 5.05. The minimum Gasteiger partial charge on any atom is -0.241 e. The van der Waals surface area contributed by atoms with Crippen molar-refractivity contribution in [3.8, 4) is 0 Å². The van der Waals surface area contributed by atoms with E-state index in [2.05, 4.69) is 4.98 Å². The zero-order valence-electron chi connectivity index (χ0n) is 12.6. The van der Waals surface area contributed by atoms with Crippen LogP contribution < -0.4 is 0 Å². The highest BCUT2D eigenvalue weighted by atomic mass is 32.2. The van der Waals surface area contributed by atoms with Crippen LogP contribution in [0.25, 0.3) is 0 Å². The van der Waals surface area contributed by atoms with Gasteiger partial charge in [0.1, 0.15) is 5.82 Å². The van der Waals surface area contributed by atoms with Crippen LogP contribution in [0.4, 0.5) is 0 Å². The molecule has 0 amide bonds. The Morgan fingerprint density at radius 2 is 1.65 bits per heavy atom. The fourth-order valence-corrected chi connectivity index (χ4v) is 4.42. The van der Waals surface area contributed by atoms with Gasteiger partial charge in [-0.3, -0.25) is 0 Å². The molecule has 0 aliphatic carbocycles. The van der Waals surface area contributed by atoms with Crippen molar-refractivity contribution >= 4 is 10.0 Å². The van der Waals surface area contributed by atoms with Crippen molar-refractivity contribution in [2.75, 3.05) is 0 Å². The van der Waals surface area contributed by atoms with Gasteiger partial charge in [-0.15, -0.1) is 0 Å². The summed E-state index contributed by atoms with van der Waals surface area (Å²) in [5.41, 5.74) is 3.60. The number of rotatable bonds is 3. The Labute approximate surface area is 120 Å². The van der Waals surface area contributed by atoms with Crippen LogP contribution in [0.3, 0.4) is 0 Å². The number of imidazole rings is 1. The lowest BCUT2D eigenvalue weighted by Gasteiger charge is -2.17. The molecule has 1 aromatic carbocycles. The average Bonchev–Trinajstić information content (AvgIpc) is 2.85. The van der Waals surface area contributed by atoms with Crippen molar-refractivity contribution < 1.29 is 8.42 Å². The van der Waals surface area contributed by atoms with Gasteiger partial charge in [-0.1, -0.05) is 13.0 Å². The zero-order chi connectivity index (χ0) is 15.1. The van der Waals surface area contributed by atoms with Crippen molar-refractivity contribution in [3.05, 3.63) is 46.5 Å². The minimum atomic E-state index is -3.59. The summed E-state index contributed by atoms with van der Waals surface area (Å²) in [6, 6.07) is 2.03. The predicted molar refractivity (Wildman–Crippen MR) is 79.6 cm³/mol.